The van der Waals surface area contributed by atoms with Crippen LogP contribution in [0, 0.1) is 0 Å². The maximum absolute atomic E-state index is 5.36. The third-order valence-electron chi connectivity index (χ3n) is 2.81. The molecule has 106 valence electrons. The van der Waals surface area contributed by atoms with Crippen LogP contribution in [0.5, 0.6) is 5.75 Å². The number of aromatic nitrogens is 1. The minimum absolute atomic E-state index is 0.835. The number of hydrogen-bond acceptors (Lipinski definition) is 4. The van der Waals surface area contributed by atoms with E-state index in [9.17, 15) is 0 Å². The monoisotopic (exact) mass is 288 g/mol. The second-order valence-corrected chi connectivity index (χ2v) is 5.40. The molecule has 0 unspecified atom stereocenters. The molecule has 0 saturated heterocycles. The minimum Gasteiger partial charge on any atom is -0.496 e. The fourth-order valence-electron chi connectivity index (χ4n) is 1.80. The van der Waals surface area contributed by atoms with Crippen LogP contribution < -0.4 is 10.1 Å². The molecule has 0 spiro atoms. The van der Waals surface area contributed by atoms with Crippen LogP contribution in [0.3, 0.4) is 0 Å². The molecule has 0 fully saturated rings. The highest BCUT2D eigenvalue weighted by atomic mass is 32.2. The van der Waals surface area contributed by atoms with Gasteiger partial charge in [0.1, 0.15) is 11.6 Å². The Kier molecular flexibility index (Phi) is 5.74. The Bertz CT molecular complexity index is 546. The molecule has 0 aliphatic heterocycles. The number of ether oxygens (including phenoxy) is 1. The predicted octanol–water partition coefficient (Wildman–Crippen LogP) is 4.20. The van der Waals surface area contributed by atoms with E-state index in [-0.39, 0.29) is 0 Å². The van der Waals surface area contributed by atoms with Crippen LogP contribution in [0.2, 0.25) is 0 Å². The summed E-state index contributed by atoms with van der Waals surface area (Å²) < 4.78 is 5.36. The zero-order valence-corrected chi connectivity index (χ0v) is 12.7. The molecule has 0 radical (unpaired) electrons. The van der Waals surface area contributed by atoms with Crippen molar-refractivity contribution in [2.45, 2.75) is 24.0 Å². The van der Waals surface area contributed by atoms with E-state index in [1.54, 1.807) is 18.9 Å². The normalized spacial score (nSPS) is 10.3. The van der Waals surface area contributed by atoms with Crippen molar-refractivity contribution in [1.29, 1.82) is 0 Å². The van der Waals surface area contributed by atoms with Gasteiger partial charge in [-0.2, -0.15) is 0 Å². The van der Waals surface area contributed by atoms with Gasteiger partial charge in [0.25, 0.3) is 0 Å². The van der Waals surface area contributed by atoms with Crippen molar-refractivity contribution < 1.29 is 4.74 Å². The molecule has 0 amide bonds. The molecule has 4 heteroatoms. The standard InChI is InChI=1S/C16H20N2OS/c1-3-11-17-16-10-6-7-13(18-16)12-20-15-9-5-4-8-14(15)19-2/h4-10H,3,11-12H2,1-2H3,(H,17,18). The number of nitrogens with zero attached hydrogens (tertiary/aromatic N) is 1. The smallest absolute Gasteiger partial charge is 0.132 e. The van der Waals surface area contributed by atoms with Crippen molar-refractivity contribution >= 4 is 17.6 Å². The maximum Gasteiger partial charge on any atom is 0.132 e. The number of pyridine rings is 1. The second kappa shape index (κ2) is 7.80. The van der Waals surface area contributed by atoms with Gasteiger partial charge >= 0.3 is 0 Å². The van der Waals surface area contributed by atoms with Gasteiger partial charge in [0.15, 0.2) is 0 Å². The molecule has 2 aromatic rings. The molecule has 0 bridgehead atoms. The molecule has 20 heavy (non-hydrogen) atoms. The molecule has 1 aromatic carbocycles. The number of benzene rings is 1. The molecule has 2 rings (SSSR count). The highest BCUT2D eigenvalue weighted by molar-refractivity contribution is 7.98. The zero-order chi connectivity index (χ0) is 14.2. The summed E-state index contributed by atoms with van der Waals surface area (Å²) in [5, 5.41) is 3.31. The fraction of sp³-hybridized carbons (Fsp3) is 0.312. The molecular weight excluding hydrogens is 268 g/mol. The number of para-hydroxylation sites is 1. The van der Waals surface area contributed by atoms with Gasteiger partial charge in [0.05, 0.1) is 12.8 Å². The van der Waals surface area contributed by atoms with Crippen LogP contribution in [0.4, 0.5) is 5.82 Å². The predicted molar refractivity (Wildman–Crippen MR) is 85.6 cm³/mol. The van der Waals surface area contributed by atoms with E-state index in [0.717, 1.165) is 40.9 Å². The van der Waals surface area contributed by atoms with E-state index in [0.29, 0.717) is 0 Å². The van der Waals surface area contributed by atoms with Gasteiger partial charge in [-0.25, -0.2) is 4.98 Å². The highest BCUT2D eigenvalue weighted by Crippen LogP contribution is 2.30. The summed E-state index contributed by atoms with van der Waals surface area (Å²) in [5.41, 5.74) is 1.07. The summed E-state index contributed by atoms with van der Waals surface area (Å²) in [6, 6.07) is 14.2. The number of methoxy groups -OCH3 is 1. The first-order chi connectivity index (χ1) is 9.83. The highest BCUT2D eigenvalue weighted by Gasteiger charge is 2.04. The van der Waals surface area contributed by atoms with Crippen LogP contribution in [0.15, 0.2) is 47.4 Å². The van der Waals surface area contributed by atoms with Crippen molar-refractivity contribution in [3.8, 4) is 5.75 Å². The molecule has 0 saturated carbocycles. The molecule has 1 N–H and O–H groups in total. The maximum atomic E-state index is 5.36. The van der Waals surface area contributed by atoms with Gasteiger partial charge in [0, 0.05) is 17.2 Å². The first-order valence-corrected chi connectivity index (χ1v) is 7.77. The summed E-state index contributed by atoms with van der Waals surface area (Å²) in [6.45, 7) is 3.10. The Morgan fingerprint density at radius 2 is 2.00 bits per heavy atom. The topological polar surface area (TPSA) is 34.1 Å². The van der Waals surface area contributed by atoms with Gasteiger partial charge in [-0.15, -0.1) is 11.8 Å². The Morgan fingerprint density at radius 3 is 2.80 bits per heavy atom. The van der Waals surface area contributed by atoms with E-state index in [2.05, 4.69) is 29.4 Å². The van der Waals surface area contributed by atoms with Crippen LogP contribution >= 0.6 is 11.8 Å². The number of rotatable bonds is 7. The second-order valence-electron chi connectivity index (χ2n) is 4.38. The molecular formula is C16H20N2OS. The van der Waals surface area contributed by atoms with Crippen LogP contribution in [-0.2, 0) is 5.75 Å². The van der Waals surface area contributed by atoms with Crippen molar-refractivity contribution in [2.24, 2.45) is 0 Å². The van der Waals surface area contributed by atoms with E-state index in [1.165, 1.54) is 0 Å². The summed E-state index contributed by atoms with van der Waals surface area (Å²) >= 11 is 1.74. The van der Waals surface area contributed by atoms with Gasteiger partial charge < -0.3 is 10.1 Å². The van der Waals surface area contributed by atoms with Crippen molar-refractivity contribution in [2.75, 3.05) is 19.0 Å². The van der Waals surface area contributed by atoms with Gasteiger partial charge in [-0.1, -0.05) is 25.1 Å². The molecule has 1 heterocycles. The molecule has 0 aliphatic rings. The van der Waals surface area contributed by atoms with Gasteiger partial charge in [-0.05, 0) is 30.7 Å². The van der Waals surface area contributed by atoms with E-state index in [1.807, 2.05) is 30.3 Å². The van der Waals surface area contributed by atoms with Crippen molar-refractivity contribution in [1.82, 2.24) is 4.98 Å². The third kappa shape index (κ3) is 4.17. The lowest BCUT2D eigenvalue weighted by Crippen LogP contribution is -2.02. The Labute approximate surface area is 124 Å². The lowest BCUT2D eigenvalue weighted by molar-refractivity contribution is 0.405. The quantitative estimate of drug-likeness (QED) is 0.774. The van der Waals surface area contributed by atoms with Crippen LogP contribution in [0.1, 0.15) is 19.0 Å². The van der Waals surface area contributed by atoms with Crippen LogP contribution in [-0.4, -0.2) is 18.6 Å². The van der Waals surface area contributed by atoms with E-state index in [4.69, 9.17) is 4.74 Å². The van der Waals surface area contributed by atoms with Crippen LogP contribution in [0.25, 0.3) is 0 Å². The average molecular weight is 288 g/mol. The number of anilines is 1. The fourth-order valence-corrected chi connectivity index (χ4v) is 2.73. The van der Waals surface area contributed by atoms with E-state index >= 15 is 0 Å². The third-order valence-corrected chi connectivity index (χ3v) is 3.90. The first-order valence-electron chi connectivity index (χ1n) is 6.79. The first kappa shape index (κ1) is 14.7. The largest absolute Gasteiger partial charge is 0.496 e. The zero-order valence-electron chi connectivity index (χ0n) is 11.9. The lowest BCUT2D eigenvalue weighted by Gasteiger charge is -2.08. The number of nitrogens with one attached hydrogen (secondary N) is 1. The van der Waals surface area contributed by atoms with Crippen molar-refractivity contribution in [3.05, 3.63) is 48.2 Å². The molecule has 1 aromatic heterocycles. The van der Waals surface area contributed by atoms with E-state index < -0.39 is 0 Å². The summed E-state index contributed by atoms with van der Waals surface area (Å²) in [4.78, 5) is 5.75. The Morgan fingerprint density at radius 1 is 1.15 bits per heavy atom. The minimum atomic E-state index is 0.835. The summed E-state index contributed by atoms with van der Waals surface area (Å²) in [7, 11) is 1.70. The SMILES string of the molecule is CCCNc1cccc(CSc2ccccc2OC)n1. The van der Waals surface area contributed by atoms with Gasteiger partial charge in [0.2, 0.25) is 0 Å². The molecule has 0 aliphatic carbocycles. The number of thioether (sulfide) groups is 1. The Balaban J connectivity index is 1.99. The molecule has 3 nitrogen and oxygen atoms in total. The summed E-state index contributed by atoms with van der Waals surface area (Å²) in [6.07, 6.45) is 1.10. The van der Waals surface area contributed by atoms with Gasteiger partial charge in [-0.3, -0.25) is 0 Å². The summed E-state index contributed by atoms with van der Waals surface area (Å²) in [5.74, 6) is 2.70. The number of hydrogen-bond donors (Lipinski definition) is 1. The molecule has 0 atom stereocenters. The lowest BCUT2D eigenvalue weighted by atomic mass is 10.3. The average Bonchev–Trinajstić information content (AvgIpc) is 2.51. The Hall–Kier alpha value is -1.68. The van der Waals surface area contributed by atoms with Crippen molar-refractivity contribution in [3.63, 3.8) is 0 Å².